The summed E-state index contributed by atoms with van der Waals surface area (Å²) >= 11 is 9.30. The molecule has 0 saturated heterocycles. The molecule has 0 aliphatic carbocycles. The van der Waals surface area contributed by atoms with E-state index in [1.165, 1.54) is 6.07 Å². The Labute approximate surface area is 154 Å². The fraction of sp³-hybridized carbons (Fsp3) is 0.222. The van der Waals surface area contributed by atoms with Gasteiger partial charge in [0.05, 0.1) is 16.1 Å². The standard InChI is InChI=1S/C18H18BrClFNO2/c1-3-7-24-18-14(19)8-12(9-17(18)23-4-2)11-22-13-5-6-16(21)15(20)10-13/h3,5-6,8-10,22H,1,4,7,11H2,2H3. The van der Waals surface area contributed by atoms with E-state index in [1.807, 2.05) is 19.1 Å². The summed E-state index contributed by atoms with van der Waals surface area (Å²) in [4.78, 5) is 0. The van der Waals surface area contributed by atoms with Crippen LogP contribution in [0.3, 0.4) is 0 Å². The summed E-state index contributed by atoms with van der Waals surface area (Å²) in [5.41, 5.74) is 1.72. The molecular formula is C18H18BrClFNO2. The van der Waals surface area contributed by atoms with Gasteiger partial charge in [0.25, 0.3) is 0 Å². The molecule has 128 valence electrons. The Kier molecular flexibility index (Phi) is 6.94. The van der Waals surface area contributed by atoms with E-state index in [9.17, 15) is 4.39 Å². The molecule has 3 nitrogen and oxygen atoms in total. The average Bonchev–Trinajstić information content (AvgIpc) is 2.55. The van der Waals surface area contributed by atoms with Crippen molar-refractivity contribution in [2.45, 2.75) is 13.5 Å². The van der Waals surface area contributed by atoms with Gasteiger partial charge in [0.2, 0.25) is 0 Å². The summed E-state index contributed by atoms with van der Waals surface area (Å²) in [5.74, 6) is 0.861. The third-order valence-electron chi connectivity index (χ3n) is 3.13. The molecule has 0 heterocycles. The molecule has 0 fully saturated rings. The van der Waals surface area contributed by atoms with E-state index in [-0.39, 0.29) is 5.02 Å². The van der Waals surface area contributed by atoms with Crippen molar-refractivity contribution in [1.82, 2.24) is 0 Å². The highest BCUT2D eigenvalue weighted by molar-refractivity contribution is 9.10. The van der Waals surface area contributed by atoms with Gasteiger partial charge in [-0.3, -0.25) is 0 Å². The second-order valence-corrected chi connectivity index (χ2v) is 6.18. The number of anilines is 1. The summed E-state index contributed by atoms with van der Waals surface area (Å²) < 4.78 is 25.3. The highest BCUT2D eigenvalue weighted by atomic mass is 79.9. The van der Waals surface area contributed by atoms with E-state index in [0.29, 0.717) is 31.3 Å². The maximum absolute atomic E-state index is 13.2. The zero-order valence-electron chi connectivity index (χ0n) is 13.2. The molecule has 0 aliphatic rings. The lowest BCUT2D eigenvalue weighted by atomic mass is 10.2. The lowest BCUT2D eigenvalue weighted by molar-refractivity contribution is 0.295. The first-order chi connectivity index (χ1) is 11.5. The van der Waals surface area contributed by atoms with E-state index >= 15 is 0 Å². The average molecular weight is 415 g/mol. The molecule has 6 heteroatoms. The zero-order valence-corrected chi connectivity index (χ0v) is 15.6. The normalized spacial score (nSPS) is 10.3. The number of ether oxygens (including phenoxy) is 2. The van der Waals surface area contributed by atoms with Crippen LogP contribution in [0.25, 0.3) is 0 Å². The molecule has 0 saturated carbocycles. The Hall–Kier alpha value is -1.72. The fourth-order valence-corrected chi connectivity index (χ4v) is 2.86. The second-order valence-electron chi connectivity index (χ2n) is 4.92. The van der Waals surface area contributed by atoms with Crippen molar-refractivity contribution < 1.29 is 13.9 Å². The fourth-order valence-electron chi connectivity index (χ4n) is 2.08. The molecule has 2 aromatic carbocycles. The molecule has 0 amide bonds. The monoisotopic (exact) mass is 413 g/mol. The van der Waals surface area contributed by atoms with Crippen LogP contribution in [0, 0.1) is 5.82 Å². The molecule has 0 atom stereocenters. The number of benzene rings is 2. The van der Waals surface area contributed by atoms with E-state index < -0.39 is 5.82 Å². The van der Waals surface area contributed by atoms with Crippen molar-refractivity contribution in [3.63, 3.8) is 0 Å². The first-order valence-electron chi connectivity index (χ1n) is 7.43. The highest BCUT2D eigenvalue weighted by Gasteiger charge is 2.12. The minimum absolute atomic E-state index is 0.0874. The van der Waals surface area contributed by atoms with Crippen LogP contribution in [-0.4, -0.2) is 13.2 Å². The molecular weight excluding hydrogens is 397 g/mol. The van der Waals surface area contributed by atoms with Gasteiger partial charge in [-0.05, 0) is 58.7 Å². The number of hydrogen-bond acceptors (Lipinski definition) is 3. The molecule has 0 aliphatic heterocycles. The molecule has 0 bridgehead atoms. The molecule has 2 rings (SSSR count). The summed E-state index contributed by atoms with van der Waals surface area (Å²) in [7, 11) is 0. The van der Waals surface area contributed by atoms with Crippen LogP contribution < -0.4 is 14.8 Å². The second kappa shape index (κ2) is 8.94. The first-order valence-corrected chi connectivity index (χ1v) is 8.60. The van der Waals surface area contributed by atoms with Gasteiger partial charge in [-0.2, -0.15) is 0 Å². The Bertz CT molecular complexity index is 724. The van der Waals surface area contributed by atoms with Crippen molar-refractivity contribution in [2.24, 2.45) is 0 Å². The van der Waals surface area contributed by atoms with Crippen LogP contribution in [0.2, 0.25) is 5.02 Å². The molecule has 0 spiro atoms. The number of rotatable bonds is 8. The summed E-state index contributed by atoms with van der Waals surface area (Å²) in [6, 6.07) is 8.38. The summed E-state index contributed by atoms with van der Waals surface area (Å²) in [5, 5.41) is 3.29. The topological polar surface area (TPSA) is 30.5 Å². The van der Waals surface area contributed by atoms with Crippen LogP contribution in [0.5, 0.6) is 11.5 Å². The third-order valence-corrected chi connectivity index (χ3v) is 4.01. The molecule has 0 aromatic heterocycles. The highest BCUT2D eigenvalue weighted by Crippen LogP contribution is 2.37. The minimum atomic E-state index is -0.438. The number of nitrogens with one attached hydrogen (secondary N) is 1. The number of halogens is 3. The smallest absolute Gasteiger partial charge is 0.175 e. The predicted molar refractivity (Wildman–Crippen MR) is 99.7 cm³/mol. The van der Waals surface area contributed by atoms with E-state index in [1.54, 1.807) is 18.2 Å². The van der Waals surface area contributed by atoms with Crippen LogP contribution >= 0.6 is 27.5 Å². The van der Waals surface area contributed by atoms with Crippen molar-refractivity contribution in [3.8, 4) is 11.5 Å². The summed E-state index contributed by atoms with van der Waals surface area (Å²) in [6.45, 7) is 7.01. The van der Waals surface area contributed by atoms with E-state index in [4.69, 9.17) is 21.1 Å². The molecule has 0 unspecified atom stereocenters. The number of hydrogen-bond donors (Lipinski definition) is 1. The minimum Gasteiger partial charge on any atom is -0.490 e. The molecule has 24 heavy (non-hydrogen) atoms. The van der Waals surface area contributed by atoms with Gasteiger partial charge in [-0.1, -0.05) is 24.3 Å². The Morgan fingerprint density at radius 2 is 2.08 bits per heavy atom. The Balaban J connectivity index is 2.17. The maximum Gasteiger partial charge on any atom is 0.175 e. The third kappa shape index (κ3) is 4.89. The van der Waals surface area contributed by atoms with Crippen molar-refractivity contribution in [2.75, 3.05) is 18.5 Å². The van der Waals surface area contributed by atoms with Gasteiger partial charge in [-0.25, -0.2) is 4.39 Å². The maximum atomic E-state index is 13.2. The van der Waals surface area contributed by atoms with Crippen molar-refractivity contribution in [3.05, 3.63) is 63.9 Å². The molecule has 2 aromatic rings. The predicted octanol–water partition coefficient (Wildman–Crippen LogP) is 5.82. The summed E-state index contributed by atoms with van der Waals surface area (Å²) in [6.07, 6.45) is 1.68. The lowest BCUT2D eigenvalue weighted by Crippen LogP contribution is -2.04. The van der Waals surface area contributed by atoms with Crippen molar-refractivity contribution in [1.29, 1.82) is 0 Å². The largest absolute Gasteiger partial charge is 0.490 e. The molecule has 1 N–H and O–H groups in total. The van der Waals surface area contributed by atoms with Gasteiger partial charge >= 0.3 is 0 Å². The first kappa shape index (κ1) is 18.6. The van der Waals surface area contributed by atoms with Gasteiger partial charge in [0.15, 0.2) is 11.5 Å². The van der Waals surface area contributed by atoms with E-state index in [0.717, 1.165) is 15.7 Å². The van der Waals surface area contributed by atoms with Crippen LogP contribution in [0.4, 0.5) is 10.1 Å². The SMILES string of the molecule is C=CCOc1c(Br)cc(CNc2ccc(F)c(Cl)c2)cc1OCC. The van der Waals surface area contributed by atoms with Gasteiger partial charge < -0.3 is 14.8 Å². The Morgan fingerprint density at radius 1 is 1.29 bits per heavy atom. The van der Waals surface area contributed by atoms with E-state index in [2.05, 4.69) is 27.8 Å². The zero-order chi connectivity index (χ0) is 17.5. The van der Waals surface area contributed by atoms with Gasteiger partial charge in [0, 0.05) is 12.2 Å². The molecule has 0 radical (unpaired) electrons. The lowest BCUT2D eigenvalue weighted by Gasteiger charge is -2.15. The Morgan fingerprint density at radius 3 is 2.75 bits per heavy atom. The van der Waals surface area contributed by atoms with Crippen LogP contribution in [-0.2, 0) is 6.54 Å². The van der Waals surface area contributed by atoms with Crippen molar-refractivity contribution >= 4 is 33.2 Å². The quantitative estimate of drug-likeness (QED) is 0.552. The van der Waals surface area contributed by atoms with Crippen LogP contribution in [0.15, 0.2) is 47.5 Å². The van der Waals surface area contributed by atoms with Gasteiger partial charge in [-0.15, -0.1) is 0 Å². The van der Waals surface area contributed by atoms with Crippen LogP contribution in [0.1, 0.15) is 12.5 Å². The van der Waals surface area contributed by atoms with Gasteiger partial charge in [0.1, 0.15) is 12.4 Å².